The van der Waals surface area contributed by atoms with Crippen molar-refractivity contribution in [2.45, 2.75) is 0 Å². The first-order valence-electron chi connectivity index (χ1n) is 3.09. The predicted molar refractivity (Wildman–Crippen MR) is 40.1 cm³/mol. The molecule has 0 saturated heterocycles. The fourth-order valence-corrected chi connectivity index (χ4v) is 0.364. The second kappa shape index (κ2) is 3.97. The Hall–Kier alpha value is 0.0400. The summed E-state index contributed by atoms with van der Waals surface area (Å²) in [6, 6.07) is -0.0972. The molecule has 0 radical (unpaired) electrons. The van der Waals surface area contributed by atoms with Crippen molar-refractivity contribution >= 4 is 32.9 Å². The number of rotatable bonds is 0. The summed E-state index contributed by atoms with van der Waals surface area (Å²) in [5.41, 5.74) is 0. The summed E-state index contributed by atoms with van der Waals surface area (Å²) in [6.07, 6.45) is -0.330. The number of halogens is 2. The van der Waals surface area contributed by atoms with Crippen molar-refractivity contribution in [3.8, 4) is 0 Å². The summed E-state index contributed by atoms with van der Waals surface area (Å²) < 4.78 is 21.4. The Kier molecular flexibility index (Phi) is 1.96. The van der Waals surface area contributed by atoms with Crippen LogP contribution in [0.25, 0.3) is 0 Å². The minimum atomic E-state index is -0.220. The number of aromatic nitrogens is 2. The SMILES string of the molecule is Br.[2H]c1nnc([2H])c(Br)c1[2H]. The van der Waals surface area contributed by atoms with Crippen molar-refractivity contribution in [1.29, 1.82) is 0 Å². The molecule has 4 heteroatoms. The van der Waals surface area contributed by atoms with Crippen LogP contribution in [-0.2, 0) is 0 Å². The topological polar surface area (TPSA) is 25.8 Å². The molecule has 1 heterocycles. The summed E-state index contributed by atoms with van der Waals surface area (Å²) >= 11 is 2.93. The molecule has 0 unspecified atom stereocenters. The van der Waals surface area contributed by atoms with Gasteiger partial charge in [0.15, 0.2) is 0 Å². The van der Waals surface area contributed by atoms with E-state index in [1.165, 1.54) is 0 Å². The van der Waals surface area contributed by atoms with E-state index >= 15 is 0 Å². The van der Waals surface area contributed by atoms with Crippen LogP contribution in [-0.4, -0.2) is 10.2 Å². The highest BCUT2D eigenvalue weighted by Gasteiger charge is 1.76. The van der Waals surface area contributed by atoms with E-state index in [0.717, 1.165) is 0 Å². The van der Waals surface area contributed by atoms with E-state index in [1.807, 2.05) is 0 Å². The van der Waals surface area contributed by atoms with Crippen LogP contribution in [0.15, 0.2) is 22.9 Å². The Bertz CT molecular complexity index is 241. The summed E-state index contributed by atoms with van der Waals surface area (Å²) in [5, 5.41) is 6.55. The van der Waals surface area contributed by atoms with Gasteiger partial charge in [-0.05, 0) is 22.0 Å². The molecule has 2 nitrogen and oxygen atoms in total. The van der Waals surface area contributed by atoms with Crippen LogP contribution in [0.1, 0.15) is 4.11 Å². The largest absolute Gasteiger partial charge is 0.159 e. The second-order valence-corrected chi connectivity index (χ2v) is 1.66. The standard InChI is InChI=1S/C4H3BrN2.BrH/c5-4-1-2-6-7-3-4;/h1-3H;1H/i1D,2D,3D;. The van der Waals surface area contributed by atoms with E-state index in [9.17, 15) is 0 Å². The lowest BCUT2D eigenvalue weighted by atomic mass is 10.6. The zero-order valence-corrected chi connectivity index (χ0v) is 6.98. The molecule has 0 amide bonds. The monoisotopic (exact) mass is 241 g/mol. The molecule has 0 saturated carbocycles. The van der Waals surface area contributed by atoms with Gasteiger partial charge in [0.25, 0.3) is 0 Å². The second-order valence-electron chi connectivity index (χ2n) is 0.863. The van der Waals surface area contributed by atoms with Crippen molar-refractivity contribution in [1.82, 2.24) is 10.2 Å². The molecule has 1 aromatic heterocycles. The molecule has 1 aromatic rings. The van der Waals surface area contributed by atoms with Crippen LogP contribution in [0.2, 0.25) is 0 Å². The van der Waals surface area contributed by atoms with Crippen molar-refractivity contribution < 1.29 is 4.11 Å². The van der Waals surface area contributed by atoms with Crippen molar-refractivity contribution in [3.63, 3.8) is 0 Å². The van der Waals surface area contributed by atoms with E-state index in [2.05, 4.69) is 26.1 Å². The lowest BCUT2D eigenvalue weighted by Crippen LogP contribution is -1.73. The molecule has 0 aliphatic rings. The van der Waals surface area contributed by atoms with Crippen LogP contribution in [0.4, 0.5) is 0 Å². The van der Waals surface area contributed by atoms with E-state index in [4.69, 9.17) is 4.11 Å². The minimum absolute atomic E-state index is 0. The van der Waals surface area contributed by atoms with Gasteiger partial charge in [-0.1, -0.05) is 0 Å². The number of nitrogens with zero attached hydrogens (tertiary/aromatic N) is 2. The highest BCUT2D eigenvalue weighted by molar-refractivity contribution is 9.10. The molecule has 0 atom stereocenters. The average Bonchev–Trinajstić information content (AvgIpc) is 1.93. The van der Waals surface area contributed by atoms with E-state index in [1.54, 1.807) is 0 Å². The first-order chi connectivity index (χ1) is 4.63. The van der Waals surface area contributed by atoms with Gasteiger partial charge in [0.2, 0.25) is 0 Å². The van der Waals surface area contributed by atoms with Crippen LogP contribution in [0.5, 0.6) is 0 Å². The van der Waals surface area contributed by atoms with Gasteiger partial charge in [-0.2, -0.15) is 10.2 Å². The smallest absolute Gasteiger partial charge is 0.0872 e. The van der Waals surface area contributed by atoms with Gasteiger partial charge in [-0.3, -0.25) is 0 Å². The molecule has 1 rings (SSSR count). The molecule has 0 N–H and O–H groups in total. The summed E-state index contributed by atoms with van der Waals surface area (Å²) in [6.45, 7) is 0. The van der Waals surface area contributed by atoms with Crippen LogP contribution in [0, 0.1) is 0 Å². The fraction of sp³-hybridized carbons (Fsp3) is 0. The maximum Gasteiger partial charge on any atom is 0.0872 e. The molecule has 0 fully saturated rings. The molecular weight excluding hydrogens is 236 g/mol. The Morgan fingerprint density at radius 1 is 1.62 bits per heavy atom. The predicted octanol–water partition coefficient (Wildman–Crippen LogP) is 1.82. The zero-order chi connectivity index (χ0) is 7.72. The van der Waals surface area contributed by atoms with Gasteiger partial charge in [0, 0.05) is 4.47 Å². The first-order valence-corrected chi connectivity index (χ1v) is 2.38. The summed E-state index contributed by atoms with van der Waals surface area (Å²) in [4.78, 5) is 0. The van der Waals surface area contributed by atoms with Crippen molar-refractivity contribution in [3.05, 3.63) is 22.9 Å². The summed E-state index contributed by atoms with van der Waals surface area (Å²) in [7, 11) is 0. The van der Waals surface area contributed by atoms with Crippen LogP contribution < -0.4 is 0 Å². The Morgan fingerprint density at radius 3 is 3.00 bits per heavy atom. The van der Waals surface area contributed by atoms with Gasteiger partial charge >= 0.3 is 0 Å². The zero-order valence-electron chi connectivity index (χ0n) is 6.68. The molecule has 0 aliphatic carbocycles. The van der Waals surface area contributed by atoms with Crippen molar-refractivity contribution in [2.24, 2.45) is 0 Å². The Labute approximate surface area is 70.4 Å². The van der Waals surface area contributed by atoms with E-state index < -0.39 is 0 Å². The van der Waals surface area contributed by atoms with Gasteiger partial charge in [0.1, 0.15) is 0 Å². The third-order valence-electron chi connectivity index (χ3n) is 0.414. The van der Waals surface area contributed by atoms with Crippen LogP contribution >= 0.6 is 32.9 Å². The van der Waals surface area contributed by atoms with Gasteiger partial charge in [-0.15, -0.1) is 17.0 Å². The van der Waals surface area contributed by atoms with Gasteiger partial charge < -0.3 is 0 Å². The molecular formula is C4H4Br2N2. The van der Waals surface area contributed by atoms with E-state index in [0.29, 0.717) is 0 Å². The van der Waals surface area contributed by atoms with Gasteiger partial charge in [-0.25, -0.2) is 0 Å². The third-order valence-corrected chi connectivity index (χ3v) is 0.789. The summed E-state index contributed by atoms with van der Waals surface area (Å²) in [5.74, 6) is 0. The molecule has 0 aliphatic heterocycles. The number of hydrogen-bond donors (Lipinski definition) is 0. The van der Waals surface area contributed by atoms with E-state index in [-0.39, 0.29) is 39.8 Å². The normalized spacial score (nSPS) is 12.9. The maximum atomic E-state index is 7.13. The molecule has 0 spiro atoms. The van der Waals surface area contributed by atoms with Crippen molar-refractivity contribution in [2.75, 3.05) is 0 Å². The lowest BCUT2D eigenvalue weighted by Gasteiger charge is -1.78. The quantitative estimate of drug-likeness (QED) is 0.694. The highest BCUT2D eigenvalue weighted by Crippen LogP contribution is 2.01. The average molecular weight is 243 g/mol. The molecule has 44 valence electrons. The lowest BCUT2D eigenvalue weighted by molar-refractivity contribution is 1.02. The minimum Gasteiger partial charge on any atom is -0.159 e. The molecule has 8 heavy (non-hydrogen) atoms. The fourth-order valence-electron chi connectivity index (χ4n) is 0.196. The van der Waals surface area contributed by atoms with Gasteiger partial charge in [0.05, 0.1) is 16.5 Å². The first kappa shape index (κ1) is 3.95. The van der Waals surface area contributed by atoms with Crippen LogP contribution in [0.3, 0.4) is 0 Å². The Morgan fingerprint density at radius 2 is 2.38 bits per heavy atom. The Balaban J connectivity index is 0.000001000. The number of hydrogen-bond acceptors (Lipinski definition) is 2. The maximum absolute atomic E-state index is 7.13. The molecule has 0 aromatic carbocycles. The third kappa shape index (κ3) is 2.37. The highest BCUT2D eigenvalue weighted by atomic mass is 79.9. The molecule has 0 bridgehead atoms.